The molecule has 0 spiro atoms. The van der Waals surface area contributed by atoms with Gasteiger partial charge in [-0.3, -0.25) is 0 Å². The molecule has 1 unspecified atom stereocenters. The normalized spacial score (nSPS) is 11.4. The molecule has 0 radical (unpaired) electrons. The summed E-state index contributed by atoms with van der Waals surface area (Å²) in [6.45, 7) is 2.13. The van der Waals surface area contributed by atoms with Crippen molar-refractivity contribution < 1.29 is 19.1 Å². The van der Waals surface area contributed by atoms with E-state index in [2.05, 4.69) is 5.32 Å². The fraction of sp³-hybridized carbons (Fsp3) is 0.263. The van der Waals surface area contributed by atoms with Crippen LogP contribution in [0.25, 0.3) is 0 Å². The van der Waals surface area contributed by atoms with Gasteiger partial charge in [-0.05, 0) is 18.1 Å². The molecule has 2 rings (SSSR count). The first-order valence-corrected chi connectivity index (χ1v) is 7.69. The number of nitrogens with one attached hydrogen (secondary N) is 1. The molecule has 0 aliphatic heterocycles. The van der Waals surface area contributed by atoms with Crippen molar-refractivity contribution >= 4 is 12.1 Å². The summed E-state index contributed by atoms with van der Waals surface area (Å²) >= 11 is 0. The topological polar surface area (TPSA) is 64.6 Å². The first-order valence-electron chi connectivity index (χ1n) is 7.69. The SMILES string of the molecule is COC(=O)C(Cc1ccc(C)cc1)NC(=O)OCc1ccccc1. The zero-order valence-electron chi connectivity index (χ0n) is 13.8. The van der Waals surface area contributed by atoms with Gasteiger partial charge in [0.25, 0.3) is 0 Å². The fourth-order valence-electron chi connectivity index (χ4n) is 2.20. The third-order valence-electron chi connectivity index (χ3n) is 3.55. The number of amides is 1. The first-order chi connectivity index (χ1) is 11.6. The van der Waals surface area contributed by atoms with Crippen LogP contribution in [-0.4, -0.2) is 25.2 Å². The molecular formula is C19H21NO4. The highest BCUT2D eigenvalue weighted by molar-refractivity contribution is 5.81. The Bertz CT molecular complexity index is 668. The Labute approximate surface area is 141 Å². The van der Waals surface area contributed by atoms with Crippen LogP contribution in [-0.2, 0) is 27.3 Å². The number of benzene rings is 2. The van der Waals surface area contributed by atoms with E-state index in [1.54, 1.807) is 0 Å². The minimum Gasteiger partial charge on any atom is -0.467 e. The van der Waals surface area contributed by atoms with E-state index >= 15 is 0 Å². The molecule has 2 aromatic rings. The van der Waals surface area contributed by atoms with E-state index in [0.717, 1.165) is 16.7 Å². The van der Waals surface area contributed by atoms with Gasteiger partial charge in [0.2, 0.25) is 0 Å². The monoisotopic (exact) mass is 327 g/mol. The van der Waals surface area contributed by atoms with Crippen molar-refractivity contribution in [2.45, 2.75) is 26.0 Å². The van der Waals surface area contributed by atoms with Crippen molar-refractivity contribution in [3.8, 4) is 0 Å². The summed E-state index contributed by atoms with van der Waals surface area (Å²) in [6, 6.07) is 16.3. The number of methoxy groups -OCH3 is 1. The molecule has 0 saturated carbocycles. The third kappa shape index (κ3) is 5.43. The summed E-state index contributed by atoms with van der Waals surface area (Å²) in [5.41, 5.74) is 2.93. The number of alkyl carbamates (subject to hydrolysis) is 1. The van der Waals surface area contributed by atoms with Crippen molar-refractivity contribution in [3.63, 3.8) is 0 Å². The second kappa shape index (κ2) is 8.72. The zero-order valence-corrected chi connectivity index (χ0v) is 13.8. The van der Waals surface area contributed by atoms with Crippen molar-refractivity contribution in [1.29, 1.82) is 0 Å². The first kappa shape index (κ1) is 17.5. The molecule has 1 N–H and O–H groups in total. The zero-order chi connectivity index (χ0) is 17.4. The smallest absolute Gasteiger partial charge is 0.408 e. The Balaban J connectivity index is 1.93. The van der Waals surface area contributed by atoms with Gasteiger partial charge in [-0.2, -0.15) is 0 Å². The lowest BCUT2D eigenvalue weighted by atomic mass is 10.0. The van der Waals surface area contributed by atoms with Crippen LogP contribution in [0, 0.1) is 6.92 Å². The number of hydrogen-bond acceptors (Lipinski definition) is 4. The number of carbonyl (C=O) groups is 2. The van der Waals surface area contributed by atoms with Gasteiger partial charge in [0.05, 0.1) is 7.11 Å². The largest absolute Gasteiger partial charge is 0.467 e. The minimum atomic E-state index is -0.791. The molecule has 5 heteroatoms. The standard InChI is InChI=1S/C19H21NO4/c1-14-8-10-15(11-9-14)12-17(18(21)23-2)20-19(22)24-13-16-6-4-3-5-7-16/h3-11,17H,12-13H2,1-2H3,(H,20,22). The maximum absolute atomic E-state index is 12.0. The van der Waals surface area contributed by atoms with Gasteiger partial charge in [-0.1, -0.05) is 60.2 Å². The number of ether oxygens (including phenoxy) is 2. The highest BCUT2D eigenvalue weighted by Crippen LogP contribution is 2.08. The molecule has 0 aromatic heterocycles. The van der Waals surface area contributed by atoms with Crippen LogP contribution in [0.5, 0.6) is 0 Å². The Morgan fingerprint density at radius 2 is 1.67 bits per heavy atom. The van der Waals surface area contributed by atoms with Gasteiger partial charge in [0, 0.05) is 6.42 Å². The molecule has 1 amide bonds. The summed E-state index contributed by atoms with van der Waals surface area (Å²) in [4.78, 5) is 23.9. The lowest BCUT2D eigenvalue weighted by Crippen LogP contribution is -2.43. The molecule has 126 valence electrons. The quantitative estimate of drug-likeness (QED) is 0.828. The van der Waals surface area contributed by atoms with E-state index in [0.29, 0.717) is 6.42 Å². The van der Waals surface area contributed by atoms with Gasteiger partial charge in [0.15, 0.2) is 0 Å². The summed E-state index contributed by atoms with van der Waals surface area (Å²) in [5, 5.41) is 2.57. The summed E-state index contributed by atoms with van der Waals surface area (Å²) < 4.78 is 9.91. The van der Waals surface area contributed by atoms with Crippen LogP contribution in [0.15, 0.2) is 54.6 Å². The van der Waals surface area contributed by atoms with E-state index in [9.17, 15) is 9.59 Å². The number of hydrogen-bond donors (Lipinski definition) is 1. The van der Waals surface area contributed by atoms with Crippen molar-refractivity contribution in [2.24, 2.45) is 0 Å². The van der Waals surface area contributed by atoms with Gasteiger partial charge in [-0.25, -0.2) is 9.59 Å². The fourth-order valence-corrected chi connectivity index (χ4v) is 2.20. The Hall–Kier alpha value is -2.82. The average molecular weight is 327 g/mol. The van der Waals surface area contributed by atoms with Crippen LogP contribution < -0.4 is 5.32 Å². The van der Waals surface area contributed by atoms with E-state index in [4.69, 9.17) is 9.47 Å². The third-order valence-corrected chi connectivity index (χ3v) is 3.55. The van der Waals surface area contributed by atoms with Crippen molar-refractivity contribution in [3.05, 3.63) is 71.3 Å². The van der Waals surface area contributed by atoms with Crippen LogP contribution in [0.2, 0.25) is 0 Å². The molecule has 5 nitrogen and oxygen atoms in total. The van der Waals surface area contributed by atoms with E-state index < -0.39 is 18.1 Å². The van der Waals surface area contributed by atoms with Crippen LogP contribution in [0.4, 0.5) is 4.79 Å². The minimum absolute atomic E-state index is 0.144. The Kier molecular flexibility index (Phi) is 6.37. The van der Waals surface area contributed by atoms with Crippen LogP contribution >= 0.6 is 0 Å². The highest BCUT2D eigenvalue weighted by Gasteiger charge is 2.22. The molecule has 0 bridgehead atoms. The number of rotatable bonds is 6. The highest BCUT2D eigenvalue weighted by atomic mass is 16.6. The Morgan fingerprint density at radius 1 is 1.00 bits per heavy atom. The molecule has 24 heavy (non-hydrogen) atoms. The molecule has 1 atom stereocenters. The lowest BCUT2D eigenvalue weighted by Gasteiger charge is -2.16. The molecule has 0 fully saturated rings. The van der Waals surface area contributed by atoms with Gasteiger partial charge in [-0.15, -0.1) is 0 Å². The molecule has 0 heterocycles. The van der Waals surface area contributed by atoms with Crippen molar-refractivity contribution in [1.82, 2.24) is 5.32 Å². The second-order valence-electron chi connectivity index (χ2n) is 5.47. The lowest BCUT2D eigenvalue weighted by molar-refractivity contribution is -0.143. The average Bonchev–Trinajstić information content (AvgIpc) is 2.61. The summed E-state index contributed by atoms with van der Waals surface area (Å²) in [7, 11) is 1.29. The van der Waals surface area contributed by atoms with Gasteiger partial charge < -0.3 is 14.8 Å². The van der Waals surface area contributed by atoms with Crippen LogP contribution in [0.3, 0.4) is 0 Å². The molecule has 0 aliphatic carbocycles. The molecule has 0 aliphatic rings. The van der Waals surface area contributed by atoms with Crippen molar-refractivity contribution in [2.75, 3.05) is 7.11 Å². The predicted octanol–water partition coefficient (Wildman–Crippen LogP) is 3.01. The molecular weight excluding hydrogens is 306 g/mol. The summed E-state index contributed by atoms with van der Waals surface area (Å²) in [6.07, 6.45) is -0.311. The maximum Gasteiger partial charge on any atom is 0.408 e. The predicted molar refractivity (Wildman–Crippen MR) is 90.4 cm³/mol. The molecule has 0 saturated heterocycles. The van der Waals surface area contributed by atoms with E-state index in [-0.39, 0.29) is 6.61 Å². The number of aryl methyl sites for hydroxylation is 1. The van der Waals surface area contributed by atoms with Gasteiger partial charge >= 0.3 is 12.1 Å². The number of carbonyl (C=O) groups excluding carboxylic acids is 2. The van der Waals surface area contributed by atoms with E-state index in [1.165, 1.54) is 7.11 Å². The van der Waals surface area contributed by atoms with E-state index in [1.807, 2.05) is 61.5 Å². The Morgan fingerprint density at radius 3 is 2.29 bits per heavy atom. The van der Waals surface area contributed by atoms with Crippen LogP contribution in [0.1, 0.15) is 16.7 Å². The summed E-state index contributed by atoms with van der Waals surface area (Å²) in [5.74, 6) is -0.507. The second-order valence-corrected chi connectivity index (χ2v) is 5.47. The molecule has 2 aromatic carbocycles. The number of esters is 1. The maximum atomic E-state index is 12.0. The van der Waals surface area contributed by atoms with Gasteiger partial charge in [0.1, 0.15) is 12.6 Å².